The lowest BCUT2D eigenvalue weighted by molar-refractivity contribution is -0.140. The largest absolute Gasteiger partial charge is 0.480 e. The quantitative estimate of drug-likeness (QED) is 0.197. The molecule has 0 saturated heterocycles. The standard InChI is InChI=1S/C12H26N4O4/c13-7-2-1-5-9(12(19)20)16-10(15)6-3-4-8(14)11(17)18/h8-10,16H,1-7,13-15H2,(H,17,18)(H,19,20)/t8-,9-,10?/m0/s1. The Morgan fingerprint density at radius 2 is 1.60 bits per heavy atom. The molecule has 0 spiro atoms. The average molecular weight is 290 g/mol. The summed E-state index contributed by atoms with van der Waals surface area (Å²) in [7, 11) is 0. The van der Waals surface area contributed by atoms with E-state index in [9.17, 15) is 9.59 Å². The predicted octanol–water partition coefficient (Wildman–Crippen LogP) is -0.975. The summed E-state index contributed by atoms with van der Waals surface area (Å²) < 4.78 is 0. The Kier molecular flexibility index (Phi) is 9.91. The molecule has 0 rings (SSSR count). The van der Waals surface area contributed by atoms with Crippen molar-refractivity contribution in [3.05, 3.63) is 0 Å². The molecule has 0 heterocycles. The van der Waals surface area contributed by atoms with Crippen LogP contribution >= 0.6 is 0 Å². The minimum atomic E-state index is -1.04. The highest BCUT2D eigenvalue weighted by atomic mass is 16.4. The molecular weight excluding hydrogens is 264 g/mol. The normalized spacial score (nSPS) is 15.6. The summed E-state index contributed by atoms with van der Waals surface area (Å²) >= 11 is 0. The van der Waals surface area contributed by atoms with E-state index in [0.29, 0.717) is 32.2 Å². The van der Waals surface area contributed by atoms with Gasteiger partial charge in [0, 0.05) is 0 Å². The number of hydrogen-bond donors (Lipinski definition) is 6. The molecule has 0 aromatic heterocycles. The number of carbonyl (C=O) groups is 2. The molecule has 0 aromatic carbocycles. The van der Waals surface area contributed by atoms with Crippen LogP contribution in [0.2, 0.25) is 0 Å². The maximum absolute atomic E-state index is 11.1. The number of carboxylic acids is 2. The highest BCUT2D eigenvalue weighted by Gasteiger charge is 2.19. The van der Waals surface area contributed by atoms with Crippen LogP contribution in [0, 0.1) is 0 Å². The Bertz CT molecular complexity index is 301. The lowest BCUT2D eigenvalue weighted by Crippen LogP contribution is -2.48. The molecule has 8 nitrogen and oxygen atoms in total. The van der Waals surface area contributed by atoms with E-state index in [1.165, 1.54) is 0 Å². The molecule has 118 valence electrons. The smallest absolute Gasteiger partial charge is 0.320 e. The van der Waals surface area contributed by atoms with Gasteiger partial charge in [-0.2, -0.15) is 0 Å². The first-order chi connectivity index (χ1) is 9.38. The maximum Gasteiger partial charge on any atom is 0.320 e. The number of nitrogens with two attached hydrogens (primary N) is 3. The van der Waals surface area contributed by atoms with E-state index < -0.39 is 30.2 Å². The van der Waals surface area contributed by atoms with Crippen LogP contribution in [0.25, 0.3) is 0 Å². The highest BCUT2D eigenvalue weighted by molar-refractivity contribution is 5.73. The summed E-state index contributed by atoms with van der Waals surface area (Å²) in [5.74, 6) is -1.99. The first kappa shape index (κ1) is 18.8. The number of unbranched alkanes of at least 4 members (excludes halogenated alkanes) is 1. The Morgan fingerprint density at radius 1 is 0.950 bits per heavy atom. The molecule has 20 heavy (non-hydrogen) atoms. The summed E-state index contributed by atoms with van der Waals surface area (Å²) in [4.78, 5) is 21.6. The van der Waals surface area contributed by atoms with Gasteiger partial charge in [-0.15, -0.1) is 0 Å². The molecule has 0 aromatic rings. The van der Waals surface area contributed by atoms with Crippen LogP contribution in [-0.4, -0.2) is 46.9 Å². The van der Waals surface area contributed by atoms with E-state index in [1.807, 2.05) is 0 Å². The van der Waals surface area contributed by atoms with Crippen LogP contribution in [0.4, 0.5) is 0 Å². The Labute approximate surface area is 118 Å². The van der Waals surface area contributed by atoms with Crippen LogP contribution in [0.1, 0.15) is 38.5 Å². The molecule has 3 atom stereocenters. The van der Waals surface area contributed by atoms with E-state index >= 15 is 0 Å². The molecule has 0 radical (unpaired) electrons. The molecule has 8 heteroatoms. The molecule has 0 amide bonds. The van der Waals surface area contributed by atoms with E-state index in [0.717, 1.165) is 12.8 Å². The van der Waals surface area contributed by atoms with Crippen molar-refractivity contribution in [2.45, 2.75) is 56.8 Å². The fourth-order valence-electron chi connectivity index (χ4n) is 1.79. The van der Waals surface area contributed by atoms with Gasteiger partial charge in [0.05, 0.1) is 6.17 Å². The lowest BCUT2D eigenvalue weighted by atomic mass is 10.1. The van der Waals surface area contributed by atoms with Crippen molar-refractivity contribution in [1.82, 2.24) is 5.32 Å². The monoisotopic (exact) mass is 290 g/mol. The van der Waals surface area contributed by atoms with Crippen LogP contribution in [0.5, 0.6) is 0 Å². The van der Waals surface area contributed by atoms with Crippen LogP contribution in [0.15, 0.2) is 0 Å². The lowest BCUT2D eigenvalue weighted by Gasteiger charge is -2.20. The second-order valence-corrected chi connectivity index (χ2v) is 4.82. The van der Waals surface area contributed by atoms with Gasteiger partial charge in [-0.1, -0.05) is 6.42 Å². The molecule has 0 fully saturated rings. The van der Waals surface area contributed by atoms with Gasteiger partial charge in [0.2, 0.25) is 0 Å². The van der Waals surface area contributed by atoms with Gasteiger partial charge in [0.1, 0.15) is 12.1 Å². The van der Waals surface area contributed by atoms with E-state index in [2.05, 4.69) is 5.32 Å². The number of rotatable bonds is 12. The van der Waals surface area contributed by atoms with Gasteiger partial charge in [0.25, 0.3) is 0 Å². The van der Waals surface area contributed by atoms with Crippen LogP contribution < -0.4 is 22.5 Å². The minimum Gasteiger partial charge on any atom is -0.480 e. The average Bonchev–Trinajstić information content (AvgIpc) is 2.37. The first-order valence-electron chi connectivity index (χ1n) is 6.81. The van der Waals surface area contributed by atoms with Crippen molar-refractivity contribution < 1.29 is 19.8 Å². The van der Waals surface area contributed by atoms with E-state index in [-0.39, 0.29) is 0 Å². The third-order valence-electron chi connectivity index (χ3n) is 3.01. The Balaban J connectivity index is 3.97. The highest BCUT2D eigenvalue weighted by Crippen LogP contribution is 2.05. The topological polar surface area (TPSA) is 165 Å². The molecule has 0 aliphatic rings. The Morgan fingerprint density at radius 3 is 2.10 bits per heavy atom. The third kappa shape index (κ3) is 8.81. The van der Waals surface area contributed by atoms with Crippen molar-refractivity contribution in [1.29, 1.82) is 0 Å². The third-order valence-corrected chi connectivity index (χ3v) is 3.01. The fourth-order valence-corrected chi connectivity index (χ4v) is 1.79. The number of nitrogens with one attached hydrogen (secondary N) is 1. The first-order valence-corrected chi connectivity index (χ1v) is 6.81. The van der Waals surface area contributed by atoms with Gasteiger partial charge in [-0.3, -0.25) is 14.9 Å². The summed E-state index contributed by atoms with van der Waals surface area (Å²) in [5, 5.41) is 20.5. The van der Waals surface area contributed by atoms with Gasteiger partial charge in [-0.25, -0.2) is 0 Å². The maximum atomic E-state index is 11.1. The zero-order valence-electron chi connectivity index (χ0n) is 11.6. The molecule has 9 N–H and O–H groups in total. The van der Waals surface area contributed by atoms with Crippen LogP contribution in [-0.2, 0) is 9.59 Å². The predicted molar refractivity (Wildman–Crippen MR) is 74.9 cm³/mol. The summed E-state index contributed by atoms with van der Waals surface area (Å²) in [6.07, 6.45) is 2.78. The van der Waals surface area contributed by atoms with Crippen molar-refractivity contribution in [2.75, 3.05) is 6.54 Å². The van der Waals surface area contributed by atoms with Crippen molar-refractivity contribution in [3.8, 4) is 0 Å². The zero-order valence-corrected chi connectivity index (χ0v) is 11.6. The molecule has 1 unspecified atom stereocenters. The minimum absolute atomic E-state index is 0.315. The Hall–Kier alpha value is -1.22. The van der Waals surface area contributed by atoms with Crippen LogP contribution in [0.3, 0.4) is 0 Å². The van der Waals surface area contributed by atoms with E-state index in [4.69, 9.17) is 27.4 Å². The zero-order chi connectivity index (χ0) is 15.5. The second kappa shape index (κ2) is 10.6. The van der Waals surface area contributed by atoms with Gasteiger partial charge in [0.15, 0.2) is 0 Å². The second-order valence-electron chi connectivity index (χ2n) is 4.82. The van der Waals surface area contributed by atoms with Crippen molar-refractivity contribution in [2.24, 2.45) is 17.2 Å². The number of aliphatic carboxylic acids is 2. The number of hydrogen-bond acceptors (Lipinski definition) is 6. The van der Waals surface area contributed by atoms with E-state index in [1.54, 1.807) is 0 Å². The summed E-state index contributed by atoms with van der Waals surface area (Å²) in [5.41, 5.74) is 16.5. The van der Waals surface area contributed by atoms with Gasteiger partial charge < -0.3 is 27.4 Å². The summed E-state index contributed by atoms with van der Waals surface area (Å²) in [6.45, 7) is 0.533. The fraction of sp³-hybridized carbons (Fsp3) is 0.833. The molecule has 0 aliphatic heterocycles. The SMILES string of the molecule is NCCCC[C@H](NC(N)CCC[C@H](N)C(=O)O)C(=O)O. The molecule has 0 aliphatic carbocycles. The van der Waals surface area contributed by atoms with Crippen molar-refractivity contribution in [3.63, 3.8) is 0 Å². The summed E-state index contributed by atoms with van der Waals surface area (Å²) in [6, 6.07) is -1.60. The molecular formula is C12H26N4O4. The van der Waals surface area contributed by atoms with Gasteiger partial charge >= 0.3 is 11.9 Å². The molecule has 0 saturated carbocycles. The van der Waals surface area contributed by atoms with Crippen molar-refractivity contribution >= 4 is 11.9 Å². The molecule has 0 bridgehead atoms. The van der Waals surface area contributed by atoms with Gasteiger partial charge in [-0.05, 0) is 38.6 Å². The number of carboxylic acid groups (broad SMARTS) is 2.